The average molecular weight is 272 g/mol. The lowest BCUT2D eigenvalue weighted by molar-refractivity contribution is -0.118. The van der Waals surface area contributed by atoms with Crippen molar-refractivity contribution in [3.63, 3.8) is 0 Å². The van der Waals surface area contributed by atoms with Crippen LogP contribution < -0.4 is 10.1 Å². The van der Waals surface area contributed by atoms with Crippen LogP contribution in [0.1, 0.15) is 6.92 Å². The lowest BCUT2D eigenvalue weighted by Gasteiger charge is -2.11. The molecule has 0 radical (unpaired) electrons. The van der Waals surface area contributed by atoms with Crippen molar-refractivity contribution in [1.29, 1.82) is 0 Å². The Hall–Kier alpha value is -1.26. The van der Waals surface area contributed by atoms with Crippen LogP contribution in [0.25, 0.3) is 0 Å². The Labute approximate surface area is 112 Å². The second-order valence-corrected chi connectivity index (χ2v) is 4.22. The molecule has 0 aliphatic carbocycles. The molecule has 0 fully saturated rings. The second kappa shape index (κ2) is 7.95. The van der Waals surface area contributed by atoms with Crippen LogP contribution in [0, 0.1) is 5.92 Å². The molecule has 0 saturated heterocycles. The number of anilines is 1. The number of nitrogens with one attached hydrogen (secondary N) is 1. The minimum absolute atomic E-state index is 0.0981. The number of ether oxygens (including phenoxy) is 2. The minimum atomic E-state index is -0.218. The van der Waals surface area contributed by atoms with Crippen molar-refractivity contribution in [2.45, 2.75) is 6.92 Å². The van der Waals surface area contributed by atoms with Gasteiger partial charge in [-0.1, -0.05) is 13.0 Å². The molecule has 1 amide bonds. The first-order valence-electron chi connectivity index (χ1n) is 5.76. The number of methoxy groups -OCH3 is 1. The summed E-state index contributed by atoms with van der Waals surface area (Å²) in [5.41, 5.74) is 0.701. The van der Waals surface area contributed by atoms with E-state index in [-0.39, 0.29) is 11.8 Å². The third kappa shape index (κ3) is 4.94. The number of hydrogen-bond donors (Lipinski definition) is 1. The van der Waals surface area contributed by atoms with Gasteiger partial charge < -0.3 is 14.8 Å². The highest BCUT2D eigenvalue weighted by atomic mass is 35.5. The van der Waals surface area contributed by atoms with Crippen molar-refractivity contribution in [2.75, 3.05) is 31.5 Å². The first kappa shape index (κ1) is 14.8. The zero-order valence-corrected chi connectivity index (χ0v) is 11.4. The van der Waals surface area contributed by atoms with Gasteiger partial charge in [0.25, 0.3) is 0 Å². The summed E-state index contributed by atoms with van der Waals surface area (Å²) < 4.78 is 10.3. The van der Waals surface area contributed by atoms with Crippen molar-refractivity contribution in [3.8, 4) is 5.75 Å². The van der Waals surface area contributed by atoms with Gasteiger partial charge in [-0.2, -0.15) is 0 Å². The van der Waals surface area contributed by atoms with Crippen LogP contribution >= 0.6 is 11.6 Å². The van der Waals surface area contributed by atoms with Gasteiger partial charge in [0.05, 0.1) is 6.61 Å². The number of alkyl halides is 1. The summed E-state index contributed by atoms with van der Waals surface area (Å²) in [4.78, 5) is 11.7. The molecule has 0 aromatic heterocycles. The van der Waals surface area contributed by atoms with Crippen LogP contribution in [-0.4, -0.2) is 32.1 Å². The SMILES string of the molecule is COCCOc1cccc(NC(=O)C(C)CCl)c1. The fourth-order valence-corrected chi connectivity index (χ4v) is 1.38. The quantitative estimate of drug-likeness (QED) is 0.612. The van der Waals surface area contributed by atoms with E-state index in [4.69, 9.17) is 21.1 Å². The number of carbonyl (C=O) groups is 1. The molecule has 0 heterocycles. The second-order valence-electron chi connectivity index (χ2n) is 3.91. The number of halogens is 1. The average Bonchev–Trinajstić information content (AvgIpc) is 2.38. The maximum atomic E-state index is 11.7. The fourth-order valence-electron chi connectivity index (χ4n) is 1.24. The van der Waals surface area contributed by atoms with Gasteiger partial charge in [0, 0.05) is 30.7 Å². The van der Waals surface area contributed by atoms with Crippen molar-refractivity contribution in [3.05, 3.63) is 24.3 Å². The zero-order valence-electron chi connectivity index (χ0n) is 10.6. The molecule has 0 aliphatic rings. The van der Waals surface area contributed by atoms with Gasteiger partial charge in [-0.05, 0) is 12.1 Å². The molecule has 0 aliphatic heterocycles. The highest BCUT2D eigenvalue weighted by Crippen LogP contribution is 2.18. The topological polar surface area (TPSA) is 47.6 Å². The van der Waals surface area contributed by atoms with E-state index in [2.05, 4.69) is 5.32 Å². The Morgan fingerprint density at radius 3 is 2.89 bits per heavy atom. The van der Waals surface area contributed by atoms with E-state index < -0.39 is 0 Å². The highest BCUT2D eigenvalue weighted by molar-refractivity contribution is 6.19. The van der Waals surface area contributed by atoms with E-state index in [1.165, 1.54) is 0 Å². The van der Waals surface area contributed by atoms with Gasteiger partial charge in [-0.15, -0.1) is 11.6 Å². The van der Waals surface area contributed by atoms with Gasteiger partial charge in [-0.3, -0.25) is 4.79 Å². The van der Waals surface area contributed by atoms with Crippen LogP contribution in [0.4, 0.5) is 5.69 Å². The molecule has 1 unspecified atom stereocenters. The van der Waals surface area contributed by atoms with Crippen LogP contribution in [0.3, 0.4) is 0 Å². The lowest BCUT2D eigenvalue weighted by atomic mass is 10.2. The third-order valence-electron chi connectivity index (χ3n) is 2.34. The number of carbonyl (C=O) groups excluding carboxylic acids is 1. The summed E-state index contributed by atoms with van der Waals surface area (Å²) in [7, 11) is 1.62. The first-order chi connectivity index (χ1) is 8.67. The molecule has 1 N–H and O–H groups in total. The Bertz CT molecular complexity index is 384. The summed E-state index contributed by atoms with van der Waals surface area (Å²) in [6, 6.07) is 7.23. The molecular weight excluding hydrogens is 254 g/mol. The fraction of sp³-hybridized carbons (Fsp3) is 0.462. The Balaban J connectivity index is 2.56. The molecule has 5 heteroatoms. The standard InChI is InChI=1S/C13H18ClNO3/c1-10(9-14)13(16)15-11-4-3-5-12(8-11)18-7-6-17-2/h3-5,8,10H,6-7,9H2,1-2H3,(H,15,16). The van der Waals surface area contributed by atoms with Gasteiger partial charge >= 0.3 is 0 Å². The predicted octanol–water partition coefficient (Wildman–Crippen LogP) is 2.53. The smallest absolute Gasteiger partial charge is 0.228 e. The van der Waals surface area contributed by atoms with Gasteiger partial charge in [0.15, 0.2) is 0 Å². The van der Waals surface area contributed by atoms with Crippen molar-refractivity contribution >= 4 is 23.2 Å². The Morgan fingerprint density at radius 2 is 2.22 bits per heavy atom. The molecule has 1 atom stereocenters. The molecule has 1 rings (SSSR count). The number of amides is 1. The summed E-state index contributed by atoms with van der Waals surface area (Å²) in [6.45, 7) is 2.78. The Kier molecular flexibility index (Phi) is 6.54. The molecular formula is C13H18ClNO3. The molecule has 0 bridgehead atoms. The summed E-state index contributed by atoms with van der Waals surface area (Å²) >= 11 is 5.63. The largest absolute Gasteiger partial charge is 0.491 e. The maximum absolute atomic E-state index is 11.7. The normalized spacial score (nSPS) is 11.9. The number of hydrogen-bond acceptors (Lipinski definition) is 3. The van der Waals surface area contributed by atoms with E-state index in [0.717, 1.165) is 0 Å². The maximum Gasteiger partial charge on any atom is 0.228 e. The lowest BCUT2D eigenvalue weighted by Crippen LogP contribution is -2.21. The number of rotatable bonds is 7. The summed E-state index contributed by atoms with van der Waals surface area (Å²) in [6.07, 6.45) is 0. The van der Waals surface area contributed by atoms with Crippen LogP contribution in [-0.2, 0) is 9.53 Å². The van der Waals surface area contributed by atoms with Crippen LogP contribution in [0.5, 0.6) is 5.75 Å². The van der Waals surface area contributed by atoms with Crippen molar-refractivity contribution in [2.24, 2.45) is 5.92 Å². The summed E-state index contributed by atoms with van der Waals surface area (Å²) in [5.74, 6) is 0.683. The number of benzene rings is 1. The zero-order chi connectivity index (χ0) is 13.4. The van der Waals surface area contributed by atoms with Crippen molar-refractivity contribution < 1.29 is 14.3 Å². The highest BCUT2D eigenvalue weighted by Gasteiger charge is 2.11. The van der Waals surface area contributed by atoms with Crippen molar-refractivity contribution in [1.82, 2.24) is 0 Å². The first-order valence-corrected chi connectivity index (χ1v) is 6.29. The van der Waals surface area contributed by atoms with Crippen LogP contribution in [0.15, 0.2) is 24.3 Å². The van der Waals surface area contributed by atoms with E-state index in [9.17, 15) is 4.79 Å². The molecule has 1 aromatic rings. The molecule has 4 nitrogen and oxygen atoms in total. The molecule has 0 saturated carbocycles. The molecule has 100 valence electrons. The van der Waals surface area contributed by atoms with E-state index in [1.54, 1.807) is 20.1 Å². The minimum Gasteiger partial charge on any atom is -0.491 e. The van der Waals surface area contributed by atoms with E-state index in [0.29, 0.717) is 30.5 Å². The predicted molar refractivity (Wildman–Crippen MR) is 72.3 cm³/mol. The van der Waals surface area contributed by atoms with Gasteiger partial charge in [0.1, 0.15) is 12.4 Å². The third-order valence-corrected chi connectivity index (χ3v) is 2.80. The van der Waals surface area contributed by atoms with Crippen LogP contribution in [0.2, 0.25) is 0 Å². The molecule has 0 spiro atoms. The van der Waals surface area contributed by atoms with E-state index >= 15 is 0 Å². The van der Waals surface area contributed by atoms with Gasteiger partial charge in [0.2, 0.25) is 5.91 Å². The molecule has 1 aromatic carbocycles. The summed E-state index contributed by atoms with van der Waals surface area (Å²) in [5, 5.41) is 2.79. The molecule has 18 heavy (non-hydrogen) atoms. The Morgan fingerprint density at radius 1 is 1.44 bits per heavy atom. The van der Waals surface area contributed by atoms with Gasteiger partial charge in [-0.25, -0.2) is 0 Å². The van der Waals surface area contributed by atoms with E-state index in [1.807, 2.05) is 18.2 Å². The monoisotopic (exact) mass is 271 g/mol.